The number of hydrogen-bond acceptors (Lipinski definition) is 30. The van der Waals surface area contributed by atoms with E-state index in [2.05, 4.69) is 105 Å². The Morgan fingerprint density at radius 2 is 0.710 bits per heavy atom. The summed E-state index contributed by atoms with van der Waals surface area (Å²) in [6, 6.07) is 64.1. The van der Waals surface area contributed by atoms with Crippen molar-refractivity contribution in [3.8, 4) is 177 Å². The number of nitriles is 1. The van der Waals surface area contributed by atoms with Crippen LogP contribution in [0.15, 0.2) is 246 Å². The molecule has 11 aromatic heterocycles. The minimum Gasteiger partial charge on any atom is -0.496 e. The largest absolute Gasteiger partial charge is 0.496 e. The lowest BCUT2D eigenvalue weighted by Gasteiger charge is -2.04. The van der Waals surface area contributed by atoms with Crippen molar-refractivity contribution in [1.82, 2.24) is 85.6 Å². The average molecular weight is 1810 g/mol. The summed E-state index contributed by atoms with van der Waals surface area (Å²) in [5, 5.41) is 39.2. The number of fused-ring (bicyclic) bond motifs is 1. The van der Waals surface area contributed by atoms with Crippen LogP contribution in [-0.2, 0) is 6.54 Å². The van der Waals surface area contributed by atoms with Crippen LogP contribution in [0.2, 0.25) is 10.3 Å². The molecule has 0 amide bonds. The van der Waals surface area contributed by atoms with Crippen LogP contribution < -0.4 is 28.4 Å². The number of hydrogen-bond donors (Lipinski definition) is 0. The topological polar surface area (TPSA) is 369 Å². The average Bonchev–Trinajstić information content (AvgIpc) is 1.67. The Morgan fingerprint density at radius 3 is 1.09 bits per heavy atom. The highest BCUT2D eigenvalue weighted by atomic mass is 35.5. The van der Waals surface area contributed by atoms with Gasteiger partial charge in [0, 0.05) is 91.5 Å². The van der Waals surface area contributed by atoms with Crippen LogP contribution in [0, 0.1) is 72.7 Å². The molecule has 0 aliphatic rings. The van der Waals surface area contributed by atoms with Crippen LogP contribution in [-0.4, -0.2) is 128 Å². The molecule has 19 aromatic rings. The molecular weight excluding hydrogens is 1730 g/mol. The molecule has 34 heteroatoms. The second kappa shape index (κ2) is 42.1. The molecule has 0 spiro atoms. The standard InChI is InChI=1S/C18H15N3O2.C18H14N2O2S.C16H18N4O2.C15H11Cl2N3O2.C15H12FN3O2.C15H13N3O2/c1-11-4-5-13(9-16(11)22-3)17-20-18(23-21-17)14-6-7-15(10-19)12(2)8-14;1-11-7-8-13(9-14(11)21-2)17-19-18(22-20-17)16-10-12-5-3-4-6-15(12)23-16;1-5-20-13(8-11(3)18-20)16-17-15(19-22-16)12-7-6-10(2)14(9-12)21-4;1-8-3-4-9(5-11(8)21-2)14-19-15(22-20-14)10-6-12(16)18-13(17)7-10;1-9-3-4-10(7-12(9)20-2)14-18-15(21-19-14)11-5-6-17-13(16)8-11;1-10-3-4-12(9-13(10)19-2)14-17-15(20-18-14)11-5-7-16-8-6-11/h4-9H,1-3H3;3-10H,1-2H3;6-9H,5H2,1-4H3;3-7H,1-2H3;3-8H,1-2H3;3-9H,1-2H3. The van der Waals surface area contributed by atoms with Gasteiger partial charge in [0.25, 0.3) is 35.3 Å². The van der Waals surface area contributed by atoms with Crippen molar-refractivity contribution < 1.29 is 60.0 Å². The lowest BCUT2D eigenvalue weighted by atomic mass is 10.1. The maximum atomic E-state index is 13.1. The fourth-order valence-electron chi connectivity index (χ4n) is 13.1. The van der Waals surface area contributed by atoms with Crippen molar-refractivity contribution in [3.63, 3.8) is 0 Å². The molecule has 0 fully saturated rings. The number of halogens is 3. The minimum atomic E-state index is -0.593. The Kier molecular flexibility index (Phi) is 29.3. The van der Waals surface area contributed by atoms with Gasteiger partial charge in [0.05, 0.1) is 64.9 Å². The zero-order valence-electron chi connectivity index (χ0n) is 73.5. The first kappa shape index (κ1) is 91.2. The van der Waals surface area contributed by atoms with Gasteiger partial charge < -0.3 is 55.6 Å². The second-order valence-electron chi connectivity index (χ2n) is 29.0. The van der Waals surface area contributed by atoms with Crippen LogP contribution >= 0.6 is 34.5 Å². The van der Waals surface area contributed by atoms with Gasteiger partial charge >= 0.3 is 0 Å². The van der Waals surface area contributed by atoms with Gasteiger partial charge in [-0.05, 0) is 210 Å². The lowest BCUT2D eigenvalue weighted by Crippen LogP contribution is -1.99. The molecule has 30 nitrogen and oxygen atoms in total. The molecule has 0 saturated carbocycles. The molecule has 660 valence electrons. The molecule has 0 atom stereocenters. The predicted octanol–water partition coefficient (Wildman–Crippen LogP) is 22.9. The van der Waals surface area contributed by atoms with Gasteiger partial charge in [-0.2, -0.15) is 44.7 Å². The van der Waals surface area contributed by atoms with Crippen molar-refractivity contribution >= 4 is 44.6 Å². The Balaban J connectivity index is 0.000000127. The maximum Gasteiger partial charge on any atom is 0.276 e. The summed E-state index contributed by atoms with van der Waals surface area (Å²) in [5.74, 6) is 9.60. The molecule has 11 heterocycles. The monoisotopic (exact) mass is 1810 g/mol. The molecule has 8 aromatic carbocycles. The maximum absolute atomic E-state index is 13.1. The SMILES string of the molecule is CCn1nc(C)cc1-c1nc(-c2ccc(C)c(OC)c2)no1.COc1cc(-c2noc(-c3cc(Cl)nc(Cl)c3)n2)ccc1C.COc1cc(-c2noc(-c3cc4ccccc4s3)n2)ccc1C.COc1cc(-c2noc(-c3ccc(C#N)c(C)c3)n2)ccc1C.COc1cc(-c2noc(-c3ccnc(F)c3)n2)ccc1C.COc1cc(-c2noc(-c3ccncc3)n2)ccc1C. The summed E-state index contributed by atoms with van der Waals surface area (Å²) < 4.78 is 80.0. The minimum absolute atomic E-state index is 0.242. The van der Waals surface area contributed by atoms with E-state index in [1.54, 1.807) is 96.7 Å². The molecule has 0 aliphatic carbocycles. The van der Waals surface area contributed by atoms with E-state index < -0.39 is 5.95 Å². The number of aryl methyl sites for hydroxylation is 9. The number of rotatable bonds is 19. The Hall–Kier alpha value is -16.0. The van der Waals surface area contributed by atoms with Crippen LogP contribution in [0.1, 0.15) is 57.1 Å². The van der Waals surface area contributed by atoms with E-state index >= 15 is 0 Å². The number of thiophene rings is 1. The number of nitrogens with zero attached hydrogens (tertiary/aromatic N) is 18. The number of ether oxygens (including phenoxy) is 6. The summed E-state index contributed by atoms with van der Waals surface area (Å²) in [6.07, 6.45) is 4.73. The van der Waals surface area contributed by atoms with Gasteiger partial charge in [0.2, 0.25) is 40.9 Å². The Labute approximate surface area is 764 Å². The van der Waals surface area contributed by atoms with Gasteiger partial charge in [0.15, 0.2) is 0 Å². The van der Waals surface area contributed by atoms with E-state index in [-0.39, 0.29) is 16.2 Å². The molecular formula is C97H83Cl2FN18O12S. The van der Waals surface area contributed by atoms with Crippen molar-refractivity contribution in [2.24, 2.45) is 0 Å². The zero-order valence-corrected chi connectivity index (χ0v) is 75.8. The molecule has 0 unspecified atom stereocenters. The van der Waals surface area contributed by atoms with Gasteiger partial charge in [-0.1, -0.05) is 145 Å². The van der Waals surface area contributed by atoms with Crippen molar-refractivity contribution in [2.45, 2.75) is 68.9 Å². The Morgan fingerprint density at radius 1 is 0.359 bits per heavy atom. The molecule has 0 saturated heterocycles. The zero-order chi connectivity index (χ0) is 92.4. The van der Waals surface area contributed by atoms with E-state index in [1.807, 2.05) is 213 Å². The fourth-order valence-corrected chi connectivity index (χ4v) is 14.5. The van der Waals surface area contributed by atoms with E-state index in [1.165, 1.54) is 22.3 Å². The first-order chi connectivity index (χ1) is 63.5. The molecule has 131 heavy (non-hydrogen) atoms. The van der Waals surface area contributed by atoms with Gasteiger partial charge in [-0.3, -0.25) is 9.67 Å². The number of pyridine rings is 3. The van der Waals surface area contributed by atoms with E-state index in [4.69, 9.17) is 84.0 Å². The van der Waals surface area contributed by atoms with Gasteiger partial charge in [-0.25, -0.2) is 9.97 Å². The smallest absolute Gasteiger partial charge is 0.276 e. The van der Waals surface area contributed by atoms with Crippen molar-refractivity contribution in [2.75, 3.05) is 42.7 Å². The first-order valence-corrected chi connectivity index (χ1v) is 41.9. The molecule has 19 rings (SSSR count). The third kappa shape index (κ3) is 22.2. The van der Waals surface area contributed by atoms with Crippen LogP contribution in [0.4, 0.5) is 4.39 Å². The summed E-state index contributed by atoms with van der Waals surface area (Å²) in [4.78, 5) is 38.8. The first-order valence-electron chi connectivity index (χ1n) is 40.3. The normalized spacial score (nSPS) is 10.7. The van der Waals surface area contributed by atoms with E-state index in [0.29, 0.717) is 81.1 Å². The summed E-state index contributed by atoms with van der Waals surface area (Å²) in [7, 11) is 9.81. The highest BCUT2D eigenvalue weighted by Crippen LogP contribution is 2.38. The predicted molar refractivity (Wildman–Crippen MR) is 493 cm³/mol. The highest BCUT2D eigenvalue weighted by Gasteiger charge is 2.22. The summed E-state index contributed by atoms with van der Waals surface area (Å²) >= 11 is 13.4. The summed E-state index contributed by atoms with van der Waals surface area (Å²) in [5.41, 5.74) is 17.3. The van der Waals surface area contributed by atoms with Crippen LogP contribution in [0.5, 0.6) is 34.5 Å². The Bertz CT molecular complexity index is 7160. The molecule has 0 radical (unpaired) electrons. The lowest BCUT2D eigenvalue weighted by molar-refractivity contribution is 0.411. The number of benzene rings is 8. The third-order valence-electron chi connectivity index (χ3n) is 20.1. The van der Waals surface area contributed by atoms with E-state index in [9.17, 15) is 4.39 Å². The third-order valence-corrected chi connectivity index (χ3v) is 21.6. The highest BCUT2D eigenvalue weighted by molar-refractivity contribution is 7.22. The van der Waals surface area contributed by atoms with Crippen molar-refractivity contribution in [1.29, 1.82) is 5.26 Å². The molecule has 0 N–H and O–H groups in total. The van der Waals surface area contributed by atoms with Gasteiger partial charge in [0.1, 0.15) is 50.5 Å². The van der Waals surface area contributed by atoms with E-state index in [0.717, 1.165) is 141 Å². The van der Waals surface area contributed by atoms with Crippen LogP contribution in [0.25, 0.3) is 147 Å². The number of aromatic nitrogens is 17. The molecule has 0 aliphatic heterocycles. The number of methoxy groups -OCH3 is 6. The van der Waals surface area contributed by atoms with Crippen LogP contribution in [0.3, 0.4) is 0 Å². The molecule has 0 bridgehead atoms. The second-order valence-corrected chi connectivity index (χ2v) is 30.9. The quantitative estimate of drug-likeness (QED) is 0.0678. The summed E-state index contributed by atoms with van der Waals surface area (Å²) in [6.45, 7) is 18.5. The van der Waals surface area contributed by atoms with Gasteiger partial charge in [-0.15, -0.1) is 11.3 Å². The fraction of sp³-hybridized carbons (Fsp3) is 0.165. The van der Waals surface area contributed by atoms with Crippen molar-refractivity contribution in [3.05, 3.63) is 285 Å².